The van der Waals surface area contributed by atoms with Crippen LogP contribution in [0.3, 0.4) is 0 Å². The zero-order chi connectivity index (χ0) is 21.2. The van der Waals surface area contributed by atoms with Crippen molar-refractivity contribution in [2.45, 2.75) is 142 Å². The van der Waals surface area contributed by atoms with Gasteiger partial charge in [0, 0.05) is 0 Å². The summed E-state index contributed by atoms with van der Waals surface area (Å²) in [6.45, 7) is 4.64. The molecule has 30 heavy (non-hydrogen) atoms. The Morgan fingerprint density at radius 2 is 1.13 bits per heavy atom. The van der Waals surface area contributed by atoms with E-state index >= 15 is 0 Å². The van der Waals surface area contributed by atoms with Crippen LogP contribution in [0, 0.1) is 46.3 Å². The maximum Gasteiger partial charge on any atom is 0.0689 e. The molecule has 1 nitrogen and oxygen atoms in total. The molecule has 0 aromatic heterocycles. The van der Waals surface area contributed by atoms with Crippen molar-refractivity contribution in [3.05, 3.63) is 0 Å². The Kier molecular flexibility index (Phi) is 10.1. The second-order valence-electron chi connectivity index (χ2n) is 11.6. The molecule has 3 aliphatic rings. The van der Waals surface area contributed by atoms with Gasteiger partial charge in [0.25, 0.3) is 0 Å². The van der Waals surface area contributed by atoms with E-state index in [2.05, 4.69) is 19.9 Å². The first-order chi connectivity index (χ1) is 14.7. The van der Waals surface area contributed by atoms with Crippen LogP contribution in [-0.4, -0.2) is 0 Å². The van der Waals surface area contributed by atoms with E-state index in [1.54, 1.807) is 0 Å². The molecule has 0 atom stereocenters. The Bertz CT molecular complexity index is 493. The molecule has 3 rings (SSSR count). The van der Waals surface area contributed by atoms with Gasteiger partial charge in [-0.25, -0.2) is 0 Å². The largest absolute Gasteiger partial charge is 0.198 e. The van der Waals surface area contributed by atoms with E-state index in [1.807, 2.05) is 0 Å². The van der Waals surface area contributed by atoms with Gasteiger partial charge in [0.2, 0.25) is 0 Å². The molecule has 0 bridgehead atoms. The van der Waals surface area contributed by atoms with Gasteiger partial charge in [-0.2, -0.15) is 5.26 Å². The molecule has 0 aromatic carbocycles. The second-order valence-corrected chi connectivity index (χ2v) is 11.6. The van der Waals surface area contributed by atoms with Gasteiger partial charge in [-0.1, -0.05) is 71.6 Å². The van der Waals surface area contributed by atoms with Crippen LogP contribution in [0.25, 0.3) is 0 Å². The Balaban J connectivity index is 1.35. The molecule has 0 unspecified atom stereocenters. The number of nitrogens with zero attached hydrogens (tertiary/aromatic N) is 1. The monoisotopic (exact) mass is 413 g/mol. The van der Waals surface area contributed by atoms with Gasteiger partial charge in [0.05, 0.1) is 11.5 Å². The number of hydrogen-bond acceptors (Lipinski definition) is 1. The maximum atomic E-state index is 9.92. The predicted octanol–water partition coefficient (Wildman–Crippen LogP) is 9.46. The van der Waals surface area contributed by atoms with E-state index in [4.69, 9.17) is 0 Å². The van der Waals surface area contributed by atoms with Crippen molar-refractivity contribution < 1.29 is 0 Å². The number of unbranched alkanes of at least 4 members (excludes halogenated alkanes) is 4. The van der Waals surface area contributed by atoms with Crippen LogP contribution in [0.2, 0.25) is 0 Å². The molecular weight excluding hydrogens is 362 g/mol. The fourth-order valence-electron chi connectivity index (χ4n) is 7.59. The molecule has 0 radical (unpaired) electrons. The summed E-state index contributed by atoms with van der Waals surface area (Å²) in [6, 6.07) is 2.79. The first-order valence-electron chi connectivity index (χ1n) is 14.1. The lowest BCUT2D eigenvalue weighted by Gasteiger charge is -2.43. The van der Waals surface area contributed by atoms with Crippen LogP contribution in [0.15, 0.2) is 0 Å². The highest BCUT2D eigenvalue weighted by atomic mass is 14.5. The summed E-state index contributed by atoms with van der Waals surface area (Å²) in [5.41, 5.74) is 0.0387. The molecule has 3 saturated carbocycles. The summed E-state index contributed by atoms with van der Waals surface area (Å²) in [6.07, 6.45) is 27.9. The van der Waals surface area contributed by atoms with Gasteiger partial charge in [0.15, 0.2) is 0 Å². The van der Waals surface area contributed by atoms with Crippen molar-refractivity contribution in [1.29, 1.82) is 5.26 Å². The molecular formula is C29H51N. The topological polar surface area (TPSA) is 23.8 Å². The van der Waals surface area contributed by atoms with Gasteiger partial charge in [-0.05, 0) is 100 Å². The lowest BCUT2D eigenvalue weighted by molar-refractivity contribution is 0.0898. The average molecular weight is 414 g/mol. The third kappa shape index (κ3) is 6.74. The normalized spacial score (nSPS) is 37.6. The van der Waals surface area contributed by atoms with E-state index in [-0.39, 0.29) is 5.41 Å². The van der Waals surface area contributed by atoms with Gasteiger partial charge < -0.3 is 0 Å². The van der Waals surface area contributed by atoms with Gasteiger partial charge >= 0.3 is 0 Å². The summed E-state index contributed by atoms with van der Waals surface area (Å²) >= 11 is 0. The maximum absolute atomic E-state index is 9.92. The molecule has 0 saturated heterocycles. The summed E-state index contributed by atoms with van der Waals surface area (Å²) in [5, 5.41) is 9.92. The lowest BCUT2D eigenvalue weighted by atomic mass is 9.62. The van der Waals surface area contributed by atoms with Crippen LogP contribution < -0.4 is 0 Å². The van der Waals surface area contributed by atoms with Gasteiger partial charge in [-0.3, -0.25) is 0 Å². The van der Waals surface area contributed by atoms with Crippen LogP contribution in [-0.2, 0) is 0 Å². The van der Waals surface area contributed by atoms with Crippen molar-refractivity contribution in [1.82, 2.24) is 0 Å². The Morgan fingerprint density at radius 3 is 1.63 bits per heavy atom. The van der Waals surface area contributed by atoms with Crippen LogP contribution in [0.4, 0.5) is 0 Å². The summed E-state index contributed by atoms with van der Waals surface area (Å²) < 4.78 is 0. The highest BCUT2D eigenvalue weighted by Crippen LogP contribution is 2.49. The van der Waals surface area contributed by atoms with Crippen molar-refractivity contribution in [2.75, 3.05) is 0 Å². The fraction of sp³-hybridized carbons (Fsp3) is 0.966. The second kappa shape index (κ2) is 12.5. The number of nitriles is 1. The highest BCUT2D eigenvalue weighted by molar-refractivity contribution is 5.02. The molecule has 3 aliphatic carbocycles. The molecule has 0 aliphatic heterocycles. The minimum Gasteiger partial charge on any atom is -0.198 e. The van der Waals surface area contributed by atoms with E-state index < -0.39 is 0 Å². The van der Waals surface area contributed by atoms with E-state index in [1.165, 1.54) is 128 Å². The zero-order valence-electron chi connectivity index (χ0n) is 20.5. The summed E-state index contributed by atoms with van der Waals surface area (Å²) in [4.78, 5) is 0. The van der Waals surface area contributed by atoms with Crippen molar-refractivity contribution >= 4 is 0 Å². The molecule has 0 N–H and O–H groups in total. The first-order valence-corrected chi connectivity index (χ1v) is 14.1. The van der Waals surface area contributed by atoms with Crippen LogP contribution in [0.1, 0.15) is 142 Å². The van der Waals surface area contributed by atoms with E-state index in [0.29, 0.717) is 0 Å². The minimum absolute atomic E-state index is 0.0387. The summed E-state index contributed by atoms with van der Waals surface area (Å²) in [7, 11) is 0. The Hall–Kier alpha value is -0.510. The Labute approximate surface area is 188 Å². The highest BCUT2D eigenvalue weighted by Gasteiger charge is 2.39. The van der Waals surface area contributed by atoms with Crippen LogP contribution in [0.5, 0.6) is 0 Å². The molecule has 1 heteroatoms. The quantitative estimate of drug-likeness (QED) is 0.327. The van der Waals surface area contributed by atoms with E-state index in [0.717, 1.165) is 29.6 Å². The molecule has 3 fully saturated rings. The smallest absolute Gasteiger partial charge is 0.0689 e. The zero-order valence-corrected chi connectivity index (χ0v) is 20.5. The molecule has 172 valence electrons. The fourth-order valence-corrected chi connectivity index (χ4v) is 7.59. The van der Waals surface area contributed by atoms with Crippen LogP contribution >= 0.6 is 0 Å². The predicted molar refractivity (Wildman–Crippen MR) is 129 cm³/mol. The van der Waals surface area contributed by atoms with Crippen molar-refractivity contribution in [3.8, 4) is 6.07 Å². The van der Waals surface area contributed by atoms with Crippen molar-refractivity contribution in [2.24, 2.45) is 35.0 Å². The van der Waals surface area contributed by atoms with Gasteiger partial charge in [-0.15, -0.1) is 0 Å². The van der Waals surface area contributed by atoms with E-state index in [9.17, 15) is 5.26 Å². The summed E-state index contributed by atoms with van der Waals surface area (Å²) in [5.74, 6) is 5.08. The lowest BCUT2D eigenvalue weighted by Crippen LogP contribution is -2.32. The standard InChI is InChI=1S/C29H51N/c1-3-5-6-7-8-20-29(23-30)21-18-28(19-22-29)27-16-14-26(15-17-27)25-12-10-24(9-4-2)11-13-25/h24-28H,3-22H2,1-2H3. The third-order valence-corrected chi connectivity index (χ3v) is 9.72. The first kappa shape index (κ1) is 24.1. The van der Waals surface area contributed by atoms with Crippen molar-refractivity contribution in [3.63, 3.8) is 0 Å². The number of rotatable bonds is 10. The molecule has 0 spiro atoms. The molecule has 0 aromatic rings. The minimum atomic E-state index is 0.0387. The number of hydrogen-bond donors (Lipinski definition) is 0. The average Bonchev–Trinajstić information content (AvgIpc) is 2.80. The Morgan fingerprint density at radius 1 is 0.633 bits per heavy atom. The molecule has 0 amide bonds. The SMILES string of the molecule is CCCCCCCC1(C#N)CCC(C2CCC(C3CCC(CCC)CC3)CC2)CC1. The van der Waals surface area contributed by atoms with Gasteiger partial charge in [0.1, 0.15) is 0 Å². The molecule has 0 heterocycles. The third-order valence-electron chi connectivity index (χ3n) is 9.72.